The van der Waals surface area contributed by atoms with E-state index in [1.54, 1.807) is 11.3 Å². The van der Waals surface area contributed by atoms with Crippen LogP contribution in [-0.4, -0.2) is 48.7 Å². The van der Waals surface area contributed by atoms with Gasteiger partial charge in [0, 0.05) is 36.4 Å². The van der Waals surface area contributed by atoms with Crippen molar-refractivity contribution in [3.63, 3.8) is 0 Å². The number of anilines is 1. The van der Waals surface area contributed by atoms with E-state index >= 15 is 0 Å². The predicted octanol–water partition coefficient (Wildman–Crippen LogP) is 2.38. The molecule has 0 spiro atoms. The molecule has 4 rings (SSSR count). The number of thiophene rings is 1. The highest BCUT2D eigenvalue weighted by Crippen LogP contribution is 2.35. The van der Waals surface area contributed by atoms with E-state index in [0.29, 0.717) is 26.1 Å². The van der Waals surface area contributed by atoms with Gasteiger partial charge in [-0.25, -0.2) is 23.1 Å². The van der Waals surface area contributed by atoms with E-state index < -0.39 is 10.0 Å². The first kappa shape index (κ1) is 20.7. The van der Waals surface area contributed by atoms with Crippen molar-refractivity contribution in [3.8, 4) is 10.4 Å². The molecule has 0 unspecified atom stereocenters. The van der Waals surface area contributed by atoms with Gasteiger partial charge in [0.25, 0.3) is 0 Å². The van der Waals surface area contributed by atoms with Crippen LogP contribution in [0, 0.1) is 6.92 Å². The molecular formula is C20H24N6O2S2. The van der Waals surface area contributed by atoms with Crippen molar-refractivity contribution in [1.82, 2.24) is 19.1 Å². The maximum Gasteiger partial charge on any atom is 0.208 e. The van der Waals surface area contributed by atoms with E-state index in [1.807, 2.05) is 25.3 Å². The van der Waals surface area contributed by atoms with Gasteiger partial charge >= 0.3 is 0 Å². The van der Waals surface area contributed by atoms with Crippen LogP contribution >= 0.6 is 11.3 Å². The molecule has 8 nitrogen and oxygen atoms in total. The molecular weight excluding hydrogens is 420 g/mol. The Balaban J connectivity index is 1.71. The van der Waals surface area contributed by atoms with Gasteiger partial charge < -0.3 is 11.1 Å². The minimum Gasteiger partial charge on any atom is -0.366 e. The summed E-state index contributed by atoms with van der Waals surface area (Å²) in [5.41, 5.74) is 10.5. The van der Waals surface area contributed by atoms with Gasteiger partial charge in [0.05, 0.1) is 6.26 Å². The topological polar surface area (TPSA) is 114 Å². The molecule has 0 bridgehead atoms. The molecule has 4 aromatic rings. The van der Waals surface area contributed by atoms with Crippen molar-refractivity contribution in [2.75, 3.05) is 31.2 Å². The van der Waals surface area contributed by atoms with E-state index in [9.17, 15) is 8.42 Å². The van der Waals surface area contributed by atoms with E-state index in [-0.39, 0.29) is 0 Å². The van der Waals surface area contributed by atoms with Crippen molar-refractivity contribution in [1.29, 1.82) is 0 Å². The summed E-state index contributed by atoms with van der Waals surface area (Å²) in [6.07, 6.45) is 3.64. The minimum atomic E-state index is -3.18. The molecule has 30 heavy (non-hydrogen) atoms. The van der Waals surface area contributed by atoms with Crippen LogP contribution in [0.25, 0.3) is 26.4 Å². The number of nitrogens with one attached hydrogen (secondary N) is 2. The third kappa shape index (κ3) is 4.31. The average molecular weight is 445 g/mol. The van der Waals surface area contributed by atoms with Gasteiger partial charge in [0.15, 0.2) is 11.5 Å². The van der Waals surface area contributed by atoms with E-state index in [1.165, 1.54) is 6.26 Å². The summed E-state index contributed by atoms with van der Waals surface area (Å²) in [5, 5.41) is 3.27. The molecule has 0 aliphatic carbocycles. The number of nitrogens with zero attached hydrogens (tertiary/aromatic N) is 3. The van der Waals surface area contributed by atoms with Crippen LogP contribution < -0.4 is 15.8 Å². The molecule has 1 aromatic carbocycles. The first-order chi connectivity index (χ1) is 14.4. The Morgan fingerprint density at radius 1 is 1.23 bits per heavy atom. The van der Waals surface area contributed by atoms with Gasteiger partial charge in [-0.15, -0.1) is 11.3 Å². The van der Waals surface area contributed by atoms with Gasteiger partial charge in [-0.2, -0.15) is 0 Å². The Kier molecular flexibility index (Phi) is 5.74. The number of hydrogen-bond acceptors (Lipinski definition) is 7. The molecule has 4 N–H and O–H groups in total. The zero-order valence-corrected chi connectivity index (χ0v) is 18.5. The normalized spacial score (nSPS) is 12.1. The summed E-state index contributed by atoms with van der Waals surface area (Å²) < 4.78 is 27.2. The highest BCUT2D eigenvalue weighted by Gasteiger charge is 2.15. The molecule has 158 valence electrons. The molecule has 3 aromatic heterocycles. The second-order valence-electron chi connectivity index (χ2n) is 7.15. The molecule has 10 heteroatoms. The summed E-state index contributed by atoms with van der Waals surface area (Å²) in [6, 6.07) is 10.2. The van der Waals surface area contributed by atoms with Gasteiger partial charge in [-0.3, -0.25) is 4.40 Å². The number of fused-ring (bicyclic) bond motifs is 3. The molecule has 0 aliphatic heterocycles. The second-order valence-corrected chi connectivity index (χ2v) is 10.0. The summed E-state index contributed by atoms with van der Waals surface area (Å²) in [4.78, 5) is 11.4. The van der Waals surface area contributed by atoms with Gasteiger partial charge in [-0.1, -0.05) is 24.3 Å². The van der Waals surface area contributed by atoms with E-state index in [2.05, 4.69) is 37.6 Å². The fourth-order valence-corrected chi connectivity index (χ4v) is 4.98. The molecule has 0 saturated heterocycles. The molecule has 0 fully saturated rings. The van der Waals surface area contributed by atoms with Crippen LogP contribution in [0.1, 0.15) is 11.3 Å². The largest absolute Gasteiger partial charge is 0.366 e. The standard InChI is InChI=1S/C20H24N6O2S2/c1-13-12-23-19-18(22-9-7-21)25-16-11-17(29-20(16)26(13)19)15-5-3-4-14(10-15)6-8-24-30(2,27)28/h3-5,10-12,24H,6-9,21H2,1-2H3,(H,22,25). The number of sulfonamides is 1. The highest BCUT2D eigenvalue weighted by atomic mass is 32.2. The number of aryl methyl sites for hydroxylation is 1. The lowest BCUT2D eigenvalue weighted by molar-refractivity contribution is 0.588. The zero-order chi connectivity index (χ0) is 21.3. The molecule has 0 radical (unpaired) electrons. The SMILES string of the molecule is Cc1cnc2c(NCCN)nc3cc(-c4cccc(CCNS(C)(=O)=O)c4)sc3n12. The van der Waals surface area contributed by atoms with Gasteiger partial charge in [-0.05, 0) is 30.5 Å². The number of imidazole rings is 1. The molecule has 0 saturated carbocycles. The predicted molar refractivity (Wildman–Crippen MR) is 123 cm³/mol. The second kappa shape index (κ2) is 8.31. The first-order valence-corrected chi connectivity index (χ1v) is 12.3. The summed E-state index contributed by atoms with van der Waals surface area (Å²) in [7, 11) is -3.18. The van der Waals surface area contributed by atoms with Crippen molar-refractivity contribution < 1.29 is 8.42 Å². The quantitative estimate of drug-likeness (QED) is 0.384. The zero-order valence-electron chi connectivity index (χ0n) is 16.8. The number of rotatable bonds is 8. The minimum absolute atomic E-state index is 0.376. The third-order valence-electron chi connectivity index (χ3n) is 4.71. The summed E-state index contributed by atoms with van der Waals surface area (Å²) in [5.74, 6) is 0.728. The van der Waals surface area contributed by atoms with Crippen LogP contribution in [-0.2, 0) is 16.4 Å². The number of aromatic nitrogens is 3. The highest BCUT2D eigenvalue weighted by molar-refractivity contribution is 7.88. The smallest absolute Gasteiger partial charge is 0.208 e. The Hall–Kier alpha value is -2.53. The fraction of sp³-hybridized carbons (Fsp3) is 0.300. The monoisotopic (exact) mass is 444 g/mol. The van der Waals surface area contributed by atoms with E-state index in [4.69, 9.17) is 10.7 Å². The number of benzene rings is 1. The first-order valence-electron chi connectivity index (χ1n) is 9.61. The van der Waals surface area contributed by atoms with E-state index in [0.717, 1.165) is 43.5 Å². The van der Waals surface area contributed by atoms with Crippen molar-refractivity contribution in [2.45, 2.75) is 13.3 Å². The Labute approximate surface area is 179 Å². The third-order valence-corrected chi connectivity index (χ3v) is 6.59. The molecule has 0 amide bonds. The lowest BCUT2D eigenvalue weighted by atomic mass is 10.1. The Morgan fingerprint density at radius 2 is 2.07 bits per heavy atom. The Bertz CT molecular complexity index is 1310. The van der Waals surface area contributed by atoms with Crippen molar-refractivity contribution in [3.05, 3.63) is 47.8 Å². The molecule has 0 atom stereocenters. The van der Waals surface area contributed by atoms with Crippen LogP contribution in [0.15, 0.2) is 36.5 Å². The van der Waals surface area contributed by atoms with Crippen LogP contribution in [0.2, 0.25) is 0 Å². The van der Waals surface area contributed by atoms with Gasteiger partial charge in [0.2, 0.25) is 10.0 Å². The lowest BCUT2D eigenvalue weighted by Gasteiger charge is -2.07. The average Bonchev–Trinajstić information content (AvgIpc) is 3.29. The van der Waals surface area contributed by atoms with Crippen molar-refractivity contribution in [2.24, 2.45) is 5.73 Å². The molecule has 3 heterocycles. The lowest BCUT2D eigenvalue weighted by Crippen LogP contribution is -2.24. The maximum absolute atomic E-state index is 11.3. The number of hydrogen-bond donors (Lipinski definition) is 3. The fourth-order valence-electron chi connectivity index (χ4n) is 3.36. The van der Waals surface area contributed by atoms with Crippen LogP contribution in [0.4, 0.5) is 5.82 Å². The maximum atomic E-state index is 11.3. The van der Waals surface area contributed by atoms with Crippen molar-refractivity contribution >= 4 is 43.2 Å². The summed E-state index contributed by atoms with van der Waals surface area (Å²) in [6.45, 7) is 3.55. The van der Waals surface area contributed by atoms with Crippen LogP contribution in [0.3, 0.4) is 0 Å². The Morgan fingerprint density at radius 3 is 2.83 bits per heavy atom. The summed E-state index contributed by atoms with van der Waals surface area (Å²) >= 11 is 1.66. The van der Waals surface area contributed by atoms with Crippen LogP contribution in [0.5, 0.6) is 0 Å². The number of nitrogens with two attached hydrogens (primary N) is 1. The van der Waals surface area contributed by atoms with Gasteiger partial charge in [0.1, 0.15) is 10.3 Å². The molecule has 0 aliphatic rings.